The molecule has 166 valence electrons. The summed E-state index contributed by atoms with van der Waals surface area (Å²) >= 11 is 0. The number of benzene rings is 2. The predicted octanol–water partition coefficient (Wildman–Crippen LogP) is 4.32. The van der Waals surface area contributed by atoms with Crippen molar-refractivity contribution in [3.05, 3.63) is 58.7 Å². The van der Waals surface area contributed by atoms with Crippen LogP contribution in [0.3, 0.4) is 0 Å². The largest absolute Gasteiger partial charge is 0.365 e. The second-order valence-corrected chi connectivity index (χ2v) is 7.96. The van der Waals surface area contributed by atoms with Crippen LogP contribution < -0.4 is 16.0 Å². The average Bonchev–Trinajstić information content (AvgIpc) is 3.53. The Labute approximate surface area is 190 Å². The highest BCUT2D eigenvalue weighted by Gasteiger charge is 2.28. The van der Waals surface area contributed by atoms with Crippen LogP contribution in [0.2, 0.25) is 0 Å². The molecule has 0 unspecified atom stereocenters. The van der Waals surface area contributed by atoms with Crippen molar-refractivity contribution in [1.82, 2.24) is 5.32 Å². The Morgan fingerprint density at radius 1 is 0.839 bits per heavy atom. The fourth-order valence-electron chi connectivity index (χ4n) is 3.40. The number of para-hydroxylation sites is 2. The van der Waals surface area contributed by atoms with Gasteiger partial charge in [-0.15, -0.1) is 12.4 Å². The molecule has 1 fully saturated rings. The van der Waals surface area contributed by atoms with Crippen LogP contribution in [0.15, 0.2) is 41.4 Å². The number of hydrogen-bond acceptors (Lipinski definition) is 3. The normalized spacial score (nSPS) is 13.2. The van der Waals surface area contributed by atoms with Crippen LogP contribution in [0.1, 0.15) is 35.1 Å². The summed E-state index contributed by atoms with van der Waals surface area (Å²) in [6, 6.07) is 11.8. The molecular formula is C24H31ClN4O2. The first-order valence-corrected chi connectivity index (χ1v) is 10.4. The molecule has 31 heavy (non-hydrogen) atoms. The Morgan fingerprint density at radius 2 is 1.29 bits per heavy atom. The van der Waals surface area contributed by atoms with Gasteiger partial charge in [0.2, 0.25) is 11.8 Å². The number of hydrogen-bond donors (Lipinski definition) is 3. The van der Waals surface area contributed by atoms with Gasteiger partial charge in [0.05, 0.1) is 6.54 Å². The first kappa shape index (κ1) is 24.4. The van der Waals surface area contributed by atoms with Gasteiger partial charge in [-0.3, -0.25) is 14.6 Å². The molecule has 3 rings (SSSR count). The monoisotopic (exact) mass is 442 g/mol. The molecular weight excluding hydrogens is 412 g/mol. The molecule has 2 aromatic carbocycles. The zero-order chi connectivity index (χ0) is 21.7. The van der Waals surface area contributed by atoms with Gasteiger partial charge in [-0.25, -0.2) is 0 Å². The quantitative estimate of drug-likeness (QED) is 0.441. The van der Waals surface area contributed by atoms with E-state index in [-0.39, 0.29) is 37.3 Å². The van der Waals surface area contributed by atoms with Gasteiger partial charge in [0.1, 0.15) is 12.4 Å². The summed E-state index contributed by atoms with van der Waals surface area (Å²) in [4.78, 5) is 29.3. The van der Waals surface area contributed by atoms with E-state index in [4.69, 9.17) is 0 Å². The van der Waals surface area contributed by atoms with Crippen molar-refractivity contribution in [2.45, 2.75) is 40.5 Å². The topological polar surface area (TPSA) is 82.6 Å². The van der Waals surface area contributed by atoms with Gasteiger partial charge in [0.15, 0.2) is 0 Å². The van der Waals surface area contributed by atoms with Crippen molar-refractivity contribution in [2.75, 3.05) is 23.7 Å². The van der Waals surface area contributed by atoms with E-state index < -0.39 is 0 Å². The summed E-state index contributed by atoms with van der Waals surface area (Å²) < 4.78 is 0. The zero-order valence-corrected chi connectivity index (χ0v) is 19.4. The standard InChI is InChI=1S/C24H30N4O2.ClH/c1-15-7-5-8-16(2)22(15)27-20(29)13-25-24(19-11-12-19)26-14-21(30)28-23-17(3)9-6-10-18(23)4;/h5-10,19H,11-14H2,1-4H3,(H,25,26)(H,27,29)(H,28,30);1H. The van der Waals surface area contributed by atoms with E-state index in [2.05, 4.69) is 20.9 Å². The molecule has 0 spiro atoms. The molecule has 1 aliphatic carbocycles. The molecule has 0 atom stereocenters. The highest BCUT2D eigenvalue weighted by atomic mass is 35.5. The lowest BCUT2D eigenvalue weighted by atomic mass is 10.1. The fourth-order valence-corrected chi connectivity index (χ4v) is 3.40. The van der Waals surface area contributed by atoms with Crippen molar-refractivity contribution in [2.24, 2.45) is 10.9 Å². The Bertz CT molecular complexity index is 943. The van der Waals surface area contributed by atoms with Crippen LogP contribution in [0, 0.1) is 33.6 Å². The average molecular weight is 443 g/mol. The number of rotatable bonds is 7. The molecule has 1 saturated carbocycles. The lowest BCUT2D eigenvalue weighted by molar-refractivity contribution is -0.115. The summed E-state index contributed by atoms with van der Waals surface area (Å²) in [5.74, 6) is 0.766. The van der Waals surface area contributed by atoms with Gasteiger partial charge >= 0.3 is 0 Å². The minimum absolute atomic E-state index is 0. The summed E-state index contributed by atoms with van der Waals surface area (Å²) in [7, 11) is 0. The second kappa shape index (κ2) is 11.0. The molecule has 6 nitrogen and oxygen atoms in total. The number of halogens is 1. The van der Waals surface area contributed by atoms with E-state index in [0.717, 1.165) is 52.3 Å². The molecule has 1 aliphatic rings. The van der Waals surface area contributed by atoms with Crippen molar-refractivity contribution in [3.63, 3.8) is 0 Å². The number of aryl methyl sites for hydroxylation is 4. The van der Waals surface area contributed by atoms with Gasteiger partial charge in [0, 0.05) is 17.3 Å². The van der Waals surface area contributed by atoms with Crippen molar-refractivity contribution in [3.8, 4) is 0 Å². The molecule has 7 heteroatoms. The third kappa shape index (κ3) is 6.82. The number of amides is 2. The molecule has 0 aliphatic heterocycles. The maximum absolute atomic E-state index is 12.4. The minimum atomic E-state index is -0.160. The van der Waals surface area contributed by atoms with Gasteiger partial charge in [0.25, 0.3) is 0 Å². The molecule has 0 saturated heterocycles. The molecule has 0 aromatic heterocycles. The highest BCUT2D eigenvalue weighted by molar-refractivity contribution is 5.99. The van der Waals surface area contributed by atoms with Gasteiger partial charge in [-0.1, -0.05) is 36.4 Å². The lowest BCUT2D eigenvalue weighted by Crippen LogP contribution is -2.35. The second-order valence-electron chi connectivity index (χ2n) is 7.96. The summed E-state index contributed by atoms with van der Waals surface area (Å²) in [6.45, 7) is 8.05. The van der Waals surface area contributed by atoms with E-state index >= 15 is 0 Å². The SMILES string of the molecule is Cc1cccc(C)c1NC(=O)CN=C(NCC(=O)Nc1c(C)cccc1C)C1CC1.Cl. The smallest absolute Gasteiger partial charge is 0.246 e. The van der Waals surface area contributed by atoms with E-state index in [0.29, 0.717) is 5.92 Å². The minimum Gasteiger partial charge on any atom is -0.365 e. The number of carbonyl (C=O) groups is 2. The summed E-state index contributed by atoms with van der Waals surface area (Å²) in [5.41, 5.74) is 5.80. The predicted molar refractivity (Wildman–Crippen MR) is 129 cm³/mol. The fraction of sp³-hybridized carbons (Fsp3) is 0.375. The third-order valence-corrected chi connectivity index (χ3v) is 5.28. The molecule has 0 heterocycles. The maximum atomic E-state index is 12.4. The Morgan fingerprint density at radius 3 is 1.74 bits per heavy atom. The Balaban J connectivity index is 0.00000341. The molecule has 2 aromatic rings. The highest BCUT2D eigenvalue weighted by Crippen LogP contribution is 2.29. The van der Waals surface area contributed by atoms with Crippen molar-refractivity contribution >= 4 is 41.4 Å². The Hall–Kier alpha value is -2.86. The van der Waals surface area contributed by atoms with Crippen LogP contribution >= 0.6 is 12.4 Å². The number of anilines is 2. The number of amidine groups is 1. The van der Waals surface area contributed by atoms with Gasteiger partial charge in [-0.2, -0.15) is 0 Å². The van der Waals surface area contributed by atoms with Crippen LogP contribution in [0.4, 0.5) is 11.4 Å². The van der Waals surface area contributed by atoms with Crippen molar-refractivity contribution < 1.29 is 9.59 Å². The molecule has 0 radical (unpaired) electrons. The molecule has 0 bridgehead atoms. The number of aliphatic imine (C=N–C) groups is 1. The van der Waals surface area contributed by atoms with E-state index in [1.54, 1.807) is 0 Å². The first-order valence-electron chi connectivity index (χ1n) is 10.4. The van der Waals surface area contributed by atoms with Crippen LogP contribution in [-0.2, 0) is 9.59 Å². The summed E-state index contributed by atoms with van der Waals surface area (Å²) in [6.07, 6.45) is 2.06. The van der Waals surface area contributed by atoms with Crippen LogP contribution in [-0.4, -0.2) is 30.7 Å². The molecule has 2 amide bonds. The lowest BCUT2D eigenvalue weighted by Gasteiger charge is -2.14. The van der Waals surface area contributed by atoms with Crippen LogP contribution in [0.5, 0.6) is 0 Å². The number of nitrogens with zero attached hydrogens (tertiary/aromatic N) is 1. The number of nitrogens with one attached hydrogen (secondary N) is 3. The third-order valence-electron chi connectivity index (χ3n) is 5.28. The Kier molecular flexibility index (Phi) is 8.63. The van der Waals surface area contributed by atoms with E-state index in [9.17, 15) is 9.59 Å². The zero-order valence-electron chi connectivity index (χ0n) is 18.5. The van der Waals surface area contributed by atoms with Gasteiger partial charge in [-0.05, 0) is 62.8 Å². The van der Waals surface area contributed by atoms with Crippen molar-refractivity contribution in [1.29, 1.82) is 0 Å². The molecule has 3 N–H and O–H groups in total. The number of carbonyl (C=O) groups excluding carboxylic acids is 2. The van der Waals surface area contributed by atoms with E-state index in [1.165, 1.54) is 0 Å². The van der Waals surface area contributed by atoms with Crippen LogP contribution in [0.25, 0.3) is 0 Å². The maximum Gasteiger partial charge on any atom is 0.246 e. The van der Waals surface area contributed by atoms with Gasteiger partial charge < -0.3 is 16.0 Å². The van der Waals surface area contributed by atoms with E-state index in [1.807, 2.05) is 64.1 Å². The first-order chi connectivity index (χ1) is 14.3. The summed E-state index contributed by atoms with van der Waals surface area (Å²) in [5, 5.41) is 9.06.